The SMILES string of the molecule is CN(CCOc1ccccc1)C(=O)NCc1ccco1. The van der Waals surface area contributed by atoms with Gasteiger partial charge in [0, 0.05) is 7.05 Å². The predicted octanol–water partition coefficient (Wildman–Crippen LogP) is 2.50. The molecule has 0 saturated heterocycles. The molecule has 0 spiro atoms. The molecule has 5 nitrogen and oxygen atoms in total. The largest absolute Gasteiger partial charge is 0.492 e. The molecular formula is C15H18N2O3. The van der Waals surface area contributed by atoms with Crippen molar-refractivity contribution in [2.75, 3.05) is 20.2 Å². The van der Waals surface area contributed by atoms with Crippen molar-refractivity contribution in [3.63, 3.8) is 0 Å². The fourth-order valence-corrected chi connectivity index (χ4v) is 1.63. The van der Waals surface area contributed by atoms with Gasteiger partial charge in [-0.3, -0.25) is 0 Å². The van der Waals surface area contributed by atoms with Crippen LogP contribution < -0.4 is 10.1 Å². The Morgan fingerprint density at radius 3 is 2.75 bits per heavy atom. The van der Waals surface area contributed by atoms with Crippen LogP contribution in [0.2, 0.25) is 0 Å². The first kappa shape index (κ1) is 14.0. The number of carbonyl (C=O) groups is 1. The molecule has 106 valence electrons. The molecule has 0 aliphatic carbocycles. The summed E-state index contributed by atoms with van der Waals surface area (Å²) in [6.07, 6.45) is 1.58. The van der Waals surface area contributed by atoms with E-state index in [2.05, 4.69) is 5.32 Å². The Hall–Kier alpha value is -2.43. The molecule has 1 aromatic carbocycles. The number of hydrogen-bond acceptors (Lipinski definition) is 3. The van der Waals surface area contributed by atoms with Crippen LogP contribution in [0.5, 0.6) is 5.75 Å². The van der Waals surface area contributed by atoms with Gasteiger partial charge in [-0.05, 0) is 24.3 Å². The number of nitrogens with zero attached hydrogens (tertiary/aromatic N) is 1. The Bertz CT molecular complexity index is 511. The maximum atomic E-state index is 11.8. The highest BCUT2D eigenvalue weighted by Gasteiger charge is 2.08. The number of benzene rings is 1. The van der Waals surface area contributed by atoms with Crippen molar-refractivity contribution in [3.8, 4) is 5.75 Å². The molecule has 0 saturated carbocycles. The van der Waals surface area contributed by atoms with Crippen LogP contribution in [0.15, 0.2) is 53.1 Å². The topological polar surface area (TPSA) is 54.7 Å². The van der Waals surface area contributed by atoms with Gasteiger partial charge in [0.2, 0.25) is 0 Å². The Labute approximate surface area is 118 Å². The van der Waals surface area contributed by atoms with Crippen molar-refractivity contribution < 1.29 is 13.9 Å². The summed E-state index contributed by atoms with van der Waals surface area (Å²) in [6, 6.07) is 13.0. The molecule has 2 amide bonds. The van der Waals surface area contributed by atoms with E-state index in [1.165, 1.54) is 0 Å². The standard InChI is InChI=1S/C15H18N2O3/c1-17(9-11-20-13-6-3-2-4-7-13)15(18)16-12-14-8-5-10-19-14/h2-8,10H,9,11-12H2,1H3,(H,16,18). The number of rotatable bonds is 6. The minimum absolute atomic E-state index is 0.155. The quantitative estimate of drug-likeness (QED) is 0.880. The van der Waals surface area contributed by atoms with E-state index in [-0.39, 0.29) is 6.03 Å². The molecule has 0 radical (unpaired) electrons. The molecule has 20 heavy (non-hydrogen) atoms. The van der Waals surface area contributed by atoms with Gasteiger partial charge in [-0.2, -0.15) is 0 Å². The van der Waals surface area contributed by atoms with Crippen molar-refractivity contribution in [2.45, 2.75) is 6.54 Å². The number of carbonyl (C=O) groups excluding carboxylic acids is 1. The first-order valence-electron chi connectivity index (χ1n) is 6.45. The Morgan fingerprint density at radius 2 is 2.05 bits per heavy atom. The molecular weight excluding hydrogens is 256 g/mol. The average molecular weight is 274 g/mol. The fourth-order valence-electron chi connectivity index (χ4n) is 1.63. The third-order valence-electron chi connectivity index (χ3n) is 2.78. The van der Waals surface area contributed by atoms with E-state index in [0.717, 1.165) is 11.5 Å². The van der Waals surface area contributed by atoms with Crippen LogP contribution in [-0.2, 0) is 6.54 Å². The van der Waals surface area contributed by atoms with Gasteiger partial charge in [-0.1, -0.05) is 18.2 Å². The van der Waals surface area contributed by atoms with Gasteiger partial charge in [0.05, 0.1) is 19.4 Å². The zero-order chi connectivity index (χ0) is 14.2. The second-order valence-electron chi connectivity index (χ2n) is 4.32. The van der Waals surface area contributed by atoms with E-state index in [9.17, 15) is 4.79 Å². The number of hydrogen-bond donors (Lipinski definition) is 1. The molecule has 1 aromatic heterocycles. The first-order valence-corrected chi connectivity index (χ1v) is 6.45. The van der Waals surface area contributed by atoms with E-state index >= 15 is 0 Å². The van der Waals surface area contributed by atoms with Crippen LogP contribution >= 0.6 is 0 Å². The third kappa shape index (κ3) is 4.35. The Kier molecular flexibility index (Phi) is 5.06. The molecule has 0 unspecified atom stereocenters. The highest BCUT2D eigenvalue weighted by Crippen LogP contribution is 2.07. The van der Waals surface area contributed by atoms with Gasteiger partial charge in [-0.15, -0.1) is 0 Å². The fraction of sp³-hybridized carbons (Fsp3) is 0.267. The molecule has 0 aliphatic rings. The molecule has 0 atom stereocenters. The lowest BCUT2D eigenvalue weighted by molar-refractivity contribution is 0.194. The summed E-state index contributed by atoms with van der Waals surface area (Å²) < 4.78 is 10.7. The summed E-state index contributed by atoms with van der Waals surface area (Å²) in [5.41, 5.74) is 0. The second kappa shape index (κ2) is 7.23. The van der Waals surface area contributed by atoms with Gasteiger partial charge in [-0.25, -0.2) is 4.79 Å². The van der Waals surface area contributed by atoms with Crippen molar-refractivity contribution in [1.82, 2.24) is 10.2 Å². The summed E-state index contributed by atoms with van der Waals surface area (Å²) in [7, 11) is 1.73. The number of furan rings is 1. The summed E-state index contributed by atoms with van der Waals surface area (Å²) in [5, 5.41) is 2.77. The normalized spacial score (nSPS) is 10.1. The molecule has 0 aliphatic heterocycles. The van der Waals surface area contributed by atoms with E-state index in [0.29, 0.717) is 19.7 Å². The van der Waals surface area contributed by atoms with Crippen LogP contribution in [0.4, 0.5) is 4.79 Å². The van der Waals surface area contributed by atoms with Gasteiger partial charge in [0.15, 0.2) is 0 Å². The number of nitrogens with one attached hydrogen (secondary N) is 1. The van der Waals surface area contributed by atoms with Gasteiger partial charge in [0.25, 0.3) is 0 Å². The summed E-state index contributed by atoms with van der Waals surface area (Å²) in [6.45, 7) is 1.35. The number of urea groups is 1. The minimum atomic E-state index is -0.155. The zero-order valence-electron chi connectivity index (χ0n) is 11.4. The van der Waals surface area contributed by atoms with Gasteiger partial charge >= 0.3 is 6.03 Å². The van der Waals surface area contributed by atoms with Crippen molar-refractivity contribution in [3.05, 3.63) is 54.5 Å². The van der Waals surface area contributed by atoms with E-state index in [1.807, 2.05) is 36.4 Å². The van der Waals surface area contributed by atoms with Crippen LogP contribution in [0, 0.1) is 0 Å². The van der Waals surface area contributed by atoms with E-state index in [1.54, 1.807) is 24.3 Å². The minimum Gasteiger partial charge on any atom is -0.492 e. The lowest BCUT2D eigenvalue weighted by Gasteiger charge is -2.17. The van der Waals surface area contributed by atoms with Crippen molar-refractivity contribution >= 4 is 6.03 Å². The lowest BCUT2D eigenvalue weighted by atomic mass is 10.3. The van der Waals surface area contributed by atoms with Crippen LogP contribution in [0.25, 0.3) is 0 Å². The van der Waals surface area contributed by atoms with Gasteiger partial charge in [0.1, 0.15) is 18.1 Å². The summed E-state index contributed by atoms with van der Waals surface area (Å²) in [4.78, 5) is 13.4. The molecule has 0 bridgehead atoms. The lowest BCUT2D eigenvalue weighted by Crippen LogP contribution is -2.38. The molecule has 1 heterocycles. The molecule has 2 aromatic rings. The first-order chi connectivity index (χ1) is 9.75. The molecule has 0 fully saturated rings. The van der Waals surface area contributed by atoms with Crippen molar-refractivity contribution in [2.24, 2.45) is 0 Å². The Balaban J connectivity index is 1.66. The molecule has 2 rings (SSSR count). The third-order valence-corrected chi connectivity index (χ3v) is 2.78. The average Bonchev–Trinajstić information content (AvgIpc) is 2.99. The Morgan fingerprint density at radius 1 is 1.25 bits per heavy atom. The zero-order valence-corrected chi connectivity index (χ0v) is 11.4. The summed E-state index contributed by atoms with van der Waals surface area (Å²) in [5.74, 6) is 1.53. The number of likely N-dealkylation sites (N-methyl/N-ethyl adjacent to an activating group) is 1. The maximum Gasteiger partial charge on any atom is 0.317 e. The second-order valence-corrected chi connectivity index (χ2v) is 4.32. The van der Waals surface area contributed by atoms with Crippen LogP contribution in [0.3, 0.4) is 0 Å². The number of para-hydroxylation sites is 1. The highest BCUT2D eigenvalue weighted by molar-refractivity contribution is 5.73. The summed E-state index contributed by atoms with van der Waals surface area (Å²) >= 11 is 0. The monoisotopic (exact) mass is 274 g/mol. The number of ether oxygens (including phenoxy) is 1. The predicted molar refractivity (Wildman–Crippen MR) is 75.5 cm³/mol. The van der Waals surface area contributed by atoms with E-state index < -0.39 is 0 Å². The van der Waals surface area contributed by atoms with Gasteiger partial charge < -0.3 is 19.4 Å². The maximum absolute atomic E-state index is 11.8. The smallest absolute Gasteiger partial charge is 0.317 e. The number of amides is 2. The highest BCUT2D eigenvalue weighted by atomic mass is 16.5. The van der Waals surface area contributed by atoms with Crippen LogP contribution in [-0.4, -0.2) is 31.1 Å². The molecule has 5 heteroatoms. The van der Waals surface area contributed by atoms with Crippen molar-refractivity contribution in [1.29, 1.82) is 0 Å². The van der Waals surface area contributed by atoms with Crippen LogP contribution in [0.1, 0.15) is 5.76 Å². The molecule has 1 N–H and O–H groups in total. The van der Waals surface area contributed by atoms with E-state index in [4.69, 9.17) is 9.15 Å².